The number of amides is 1. The van der Waals surface area contributed by atoms with E-state index in [1.165, 1.54) is 25.4 Å². The first-order valence-electron chi connectivity index (χ1n) is 6.24. The summed E-state index contributed by atoms with van der Waals surface area (Å²) in [6.45, 7) is 0. The Morgan fingerprint density at radius 2 is 2.14 bits per heavy atom. The third-order valence-electron chi connectivity index (χ3n) is 2.69. The normalized spacial score (nSPS) is 9.86. The molecule has 0 aliphatic heterocycles. The van der Waals surface area contributed by atoms with Crippen molar-refractivity contribution in [3.63, 3.8) is 0 Å². The van der Waals surface area contributed by atoms with Crippen molar-refractivity contribution >= 4 is 17.5 Å². The summed E-state index contributed by atoms with van der Waals surface area (Å²) >= 11 is 0. The fourth-order valence-electron chi connectivity index (χ4n) is 1.70. The van der Waals surface area contributed by atoms with Crippen LogP contribution in [0.25, 0.3) is 0 Å². The lowest BCUT2D eigenvalue weighted by atomic mass is 10.1. The maximum absolute atomic E-state index is 11.8. The van der Waals surface area contributed by atoms with Gasteiger partial charge in [0.25, 0.3) is 5.69 Å². The van der Waals surface area contributed by atoms with Crippen LogP contribution in [0.15, 0.2) is 36.5 Å². The molecule has 0 saturated heterocycles. The van der Waals surface area contributed by atoms with Crippen LogP contribution < -0.4 is 15.6 Å². The minimum atomic E-state index is -0.527. The van der Waals surface area contributed by atoms with Gasteiger partial charge in [-0.2, -0.15) is 4.98 Å². The minimum Gasteiger partial charge on any atom is -0.481 e. The van der Waals surface area contributed by atoms with E-state index in [1.807, 2.05) is 0 Å². The molecule has 0 atom stereocenters. The number of nitro benzene ring substituents is 1. The van der Waals surface area contributed by atoms with Gasteiger partial charge in [-0.25, -0.2) is 4.98 Å². The Kier molecular flexibility index (Phi) is 4.81. The highest BCUT2D eigenvalue weighted by atomic mass is 16.6. The van der Waals surface area contributed by atoms with Gasteiger partial charge in [0, 0.05) is 23.9 Å². The van der Waals surface area contributed by atoms with E-state index in [-0.39, 0.29) is 18.1 Å². The molecular weight excluding hydrogens is 290 g/mol. The molecule has 1 amide bonds. The van der Waals surface area contributed by atoms with Gasteiger partial charge in [0.2, 0.25) is 17.7 Å². The monoisotopic (exact) mass is 303 g/mol. The Labute approximate surface area is 125 Å². The second-order valence-electron chi connectivity index (χ2n) is 4.16. The van der Waals surface area contributed by atoms with Gasteiger partial charge in [-0.1, -0.05) is 18.2 Å². The summed E-state index contributed by atoms with van der Waals surface area (Å²) in [5.74, 6) is 0.0291. The number of nitrogens with one attached hydrogen (secondary N) is 2. The number of anilines is 1. The Morgan fingerprint density at radius 1 is 1.36 bits per heavy atom. The smallest absolute Gasteiger partial charge is 0.273 e. The summed E-state index contributed by atoms with van der Waals surface area (Å²) in [5.41, 5.74) is 5.11. The molecule has 0 bridgehead atoms. The van der Waals surface area contributed by atoms with Gasteiger partial charge in [0.1, 0.15) is 0 Å². The number of para-hydroxylation sites is 1. The highest BCUT2D eigenvalue weighted by Gasteiger charge is 2.15. The fraction of sp³-hybridized carbons (Fsp3) is 0.154. The van der Waals surface area contributed by atoms with Crippen LogP contribution in [-0.2, 0) is 11.2 Å². The van der Waals surface area contributed by atoms with E-state index < -0.39 is 10.8 Å². The van der Waals surface area contributed by atoms with E-state index in [2.05, 4.69) is 20.8 Å². The van der Waals surface area contributed by atoms with Crippen molar-refractivity contribution < 1.29 is 14.5 Å². The van der Waals surface area contributed by atoms with Crippen LogP contribution in [-0.4, -0.2) is 27.9 Å². The van der Waals surface area contributed by atoms with Crippen molar-refractivity contribution in [1.29, 1.82) is 0 Å². The molecular formula is C13H13N5O4. The molecule has 1 aromatic heterocycles. The minimum absolute atomic E-state index is 0.102. The van der Waals surface area contributed by atoms with E-state index in [1.54, 1.807) is 18.2 Å². The number of rotatable bonds is 6. The number of hydrazine groups is 1. The first kappa shape index (κ1) is 15.2. The molecule has 0 aliphatic rings. The number of benzene rings is 1. The molecule has 0 spiro atoms. The quantitative estimate of drug-likeness (QED) is 0.605. The number of nitro groups is 1. The number of nitrogens with zero attached hydrogens (tertiary/aromatic N) is 3. The largest absolute Gasteiger partial charge is 0.481 e. The summed E-state index contributed by atoms with van der Waals surface area (Å²) in [4.78, 5) is 30.0. The van der Waals surface area contributed by atoms with Crippen molar-refractivity contribution in [2.75, 3.05) is 12.5 Å². The molecule has 22 heavy (non-hydrogen) atoms. The summed E-state index contributed by atoms with van der Waals surface area (Å²) < 4.78 is 4.92. The number of carbonyl (C=O) groups is 1. The molecule has 2 aromatic rings. The zero-order chi connectivity index (χ0) is 15.9. The Morgan fingerprint density at radius 3 is 2.86 bits per heavy atom. The molecule has 9 nitrogen and oxygen atoms in total. The van der Waals surface area contributed by atoms with E-state index in [9.17, 15) is 14.9 Å². The van der Waals surface area contributed by atoms with Gasteiger partial charge in [0.05, 0.1) is 18.5 Å². The van der Waals surface area contributed by atoms with Gasteiger partial charge in [0.15, 0.2) is 0 Å². The topological polar surface area (TPSA) is 119 Å². The zero-order valence-corrected chi connectivity index (χ0v) is 11.6. The average molecular weight is 303 g/mol. The number of hydrogen-bond donors (Lipinski definition) is 2. The SMILES string of the molecule is COc1ccnc(NNC(=O)Cc2ccccc2[N+](=O)[O-])n1. The number of aromatic nitrogens is 2. The Balaban J connectivity index is 1.97. The van der Waals surface area contributed by atoms with Gasteiger partial charge >= 0.3 is 0 Å². The molecule has 0 fully saturated rings. The number of ether oxygens (including phenoxy) is 1. The summed E-state index contributed by atoms with van der Waals surface area (Å²) in [7, 11) is 1.46. The highest BCUT2D eigenvalue weighted by Crippen LogP contribution is 2.17. The molecule has 114 valence electrons. The van der Waals surface area contributed by atoms with Crippen molar-refractivity contribution in [3.8, 4) is 5.88 Å². The Bertz CT molecular complexity index is 692. The van der Waals surface area contributed by atoms with Crippen LogP contribution in [0.4, 0.5) is 11.6 Å². The number of carbonyl (C=O) groups excluding carboxylic acids is 1. The van der Waals surface area contributed by atoms with Crippen molar-refractivity contribution in [1.82, 2.24) is 15.4 Å². The zero-order valence-electron chi connectivity index (χ0n) is 11.6. The van der Waals surface area contributed by atoms with Gasteiger partial charge in [-0.3, -0.25) is 25.8 Å². The maximum atomic E-state index is 11.8. The van der Waals surface area contributed by atoms with Crippen LogP contribution in [0.5, 0.6) is 5.88 Å². The summed E-state index contributed by atoms with van der Waals surface area (Å²) in [6.07, 6.45) is 1.32. The van der Waals surface area contributed by atoms with Crippen LogP contribution in [0.3, 0.4) is 0 Å². The first-order valence-corrected chi connectivity index (χ1v) is 6.24. The van der Waals surface area contributed by atoms with Crippen LogP contribution in [0, 0.1) is 10.1 Å². The van der Waals surface area contributed by atoms with Crippen molar-refractivity contribution in [2.45, 2.75) is 6.42 Å². The lowest BCUT2D eigenvalue weighted by molar-refractivity contribution is -0.385. The van der Waals surface area contributed by atoms with Crippen molar-refractivity contribution in [2.24, 2.45) is 0 Å². The molecule has 1 aromatic carbocycles. The van der Waals surface area contributed by atoms with Crippen LogP contribution in [0.1, 0.15) is 5.56 Å². The van der Waals surface area contributed by atoms with Gasteiger partial charge < -0.3 is 4.74 Å². The van der Waals surface area contributed by atoms with Crippen LogP contribution >= 0.6 is 0 Å². The highest BCUT2D eigenvalue weighted by molar-refractivity contribution is 5.80. The molecule has 1 heterocycles. The van der Waals surface area contributed by atoms with E-state index in [0.29, 0.717) is 11.4 Å². The standard InChI is InChI=1S/C13H13N5O4/c1-22-12-6-7-14-13(15-12)17-16-11(19)8-9-4-2-3-5-10(9)18(20)21/h2-7H,8H2,1H3,(H,16,19)(H,14,15,17). The van der Waals surface area contributed by atoms with Crippen molar-refractivity contribution in [3.05, 3.63) is 52.2 Å². The molecule has 0 aliphatic carbocycles. The predicted octanol–water partition coefficient (Wildman–Crippen LogP) is 1.08. The molecule has 0 saturated carbocycles. The second kappa shape index (κ2) is 6.97. The molecule has 2 N–H and O–H groups in total. The maximum Gasteiger partial charge on any atom is 0.273 e. The molecule has 9 heteroatoms. The third-order valence-corrected chi connectivity index (χ3v) is 2.69. The molecule has 0 unspecified atom stereocenters. The second-order valence-corrected chi connectivity index (χ2v) is 4.16. The number of hydrogen-bond acceptors (Lipinski definition) is 7. The lowest BCUT2D eigenvalue weighted by Crippen LogP contribution is -2.31. The summed E-state index contributed by atoms with van der Waals surface area (Å²) in [5, 5.41) is 10.9. The molecule has 2 rings (SSSR count). The average Bonchev–Trinajstić information content (AvgIpc) is 2.53. The van der Waals surface area contributed by atoms with E-state index in [4.69, 9.17) is 4.74 Å². The third kappa shape index (κ3) is 3.88. The Hall–Kier alpha value is -3.23. The summed E-state index contributed by atoms with van der Waals surface area (Å²) in [6, 6.07) is 7.61. The lowest BCUT2D eigenvalue weighted by Gasteiger charge is -2.08. The first-order chi connectivity index (χ1) is 10.6. The van der Waals surface area contributed by atoms with Crippen LogP contribution in [0.2, 0.25) is 0 Å². The van der Waals surface area contributed by atoms with Gasteiger partial charge in [-0.15, -0.1) is 0 Å². The van der Waals surface area contributed by atoms with E-state index >= 15 is 0 Å². The van der Waals surface area contributed by atoms with Gasteiger partial charge in [-0.05, 0) is 0 Å². The predicted molar refractivity (Wildman–Crippen MR) is 77.1 cm³/mol. The fourth-order valence-corrected chi connectivity index (χ4v) is 1.70. The molecule has 0 radical (unpaired) electrons. The van der Waals surface area contributed by atoms with E-state index in [0.717, 1.165) is 0 Å². The number of methoxy groups -OCH3 is 1.